The molecule has 2 N–H and O–H groups in total. The first kappa shape index (κ1) is 24.9. The Kier molecular flexibility index (Phi) is 6.91. The monoisotopic (exact) mass is 533 g/mol. The summed E-state index contributed by atoms with van der Waals surface area (Å²) in [6.45, 7) is 6.12. The highest BCUT2D eigenvalue weighted by Gasteiger charge is 2.33. The van der Waals surface area contributed by atoms with Gasteiger partial charge in [-0.25, -0.2) is 4.68 Å². The molecule has 0 spiro atoms. The quantitative estimate of drug-likeness (QED) is 0.288. The van der Waals surface area contributed by atoms with Gasteiger partial charge in [0.15, 0.2) is 0 Å². The van der Waals surface area contributed by atoms with Gasteiger partial charge in [-0.15, -0.1) is 0 Å². The van der Waals surface area contributed by atoms with Gasteiger partial charge >= 0.3 is 0 Å². The van der Waals surface area contributed by atoms with Crippen LogP contribution in [0.15, 0.2) is 78.3 Å². The average Bonchev–Trinajstić information content (AvgIpc) is 3.34. The number of amides is 1. The molecule has 0 saturated carbocycles. The van der Waals surface area contributed by atoms with Crippen molar-refractivity contribution in [3.63, 3.8) is 0 Å². The molecule has 1 amide bonds. The second kappa shape index (κ2) is 10.3. The van der Waals surface area contributed by atoms with E-state index >= 15 is 0 Å². The molecular weight excluding hydrogens is 509 g/mol. The van der Waals surface area contributed by atoms with E-state index in [-0.39, 0.29) is 12.5 Å². The molecule has 2 heterocycles. The van der Waals surface area contributed by atoms with Gasteiger partial charge in [-0.05, 0) is 67.8 Å². The Balaban J connectivity index is 1.43. The summed E-state index contributed by atoms with van der Waals surface area (Å²) in [7, 11) is 0. The number of ether oxygens (including phenoxy) is 1. The van der Waals surface area contributed by atoms with Crippen LogP contribution in [0.1, 0.15) is 35.2 Å². The van der Waals surface area contributed by atoms with Crippen molar-refractivity contribution in [2.24, 2.45) is 0 Å². The lowest BCUT2D eigenvalue weighted by Gasteiger charge is -2.29. The van der Waals surface area contributed by atoms with Gasteiger partial charge in [-0.3, -0.25) is 4.79 Å². The van der Waals surface area contributed by atoms with Crippen molar-refractivity contribution in [3.05, 3.63) is 111 Å². The highest BCUT2D eigenvalue weighted by molar-refractivity contribution is 6.35. The number of allylic oxidation sites excluding steroid dienone is 1. The summed E-state index contributed by atoms with van der Waals surface area (Å²) >= 11 is 12.5. The van der Waals surface area contributed by atoms with Crippen molar-refractivity contribution >= 4 is 40.7 Å². The van der Waals surface area contributed by atoms with Crippen LogP contribution >= 0.6 is 23.2 Å². The summed E-state index contributed by atoms with van der Waals surface area (Å²) in [4.78, 5) is 17.9. The minimum Gasteiger partial charge on any atom is -0.489 e. The first-order chi connectivity index (χ1) is 17.8. The Morgan fingerprint density at radius 1 is 1.03 bits per heavy atom. The first-order valence-electron chi connectivity index (χ1n) is 11.7. The molecule has 4 aromatic rings. The molecule has 37 heavy (non-hydrogen) atoms. The molecule has 1 unspecified atom stereocenters. The molecule has 188 valence electrons. The van der Waals surface area contributed by atoms with E-state index in [2.05, 4.69) is 20.7 Å². The third kappa shape index (κ3) is 4.92. The Hall–Kier alpha value is -3.81. The zero-order valence-corrected chi connectivity index (χ0v) is 22.1. The van der Waals surface area contributed by atoms with Crippen LogP contribution in [0.5, 0.6) is 5.75 Å². The summed E-state index contributed by atoms with van der Waals surface area (Å²) in [5.41, 5.74) is 5.75. The van der Waals surface area contributed by atoms with E-state index in [1.54, 1.807) is 22.9 Å². The molecule has 0 saturated heterocycles. The number of halogens is 2. The normalized spacial score (nSPS) is 14.7. The molecular formula is C28H25Cl2N5O2. The predicted octanol–water partition coefficient (Wildman–Crippen LogP) is 6.71. The predicted molar refractivity (Wildman–Crippen MR) is 146 cm³/mol. The van der Waals surface area contributed by atoms with Crippen LogP contribution in [0.25, 0.3) is 0 Å². The summed E-state index contributed by atoms with van der Waals surface area (Å²) < 4.78 is 7.65. The molecule has 7 nitrogen and oxygen atoms in total. The third-order valence-electron chi connectivity index (χ3n) is 6.53. The van der Waals surface area contributed by atoms with Gasteiger partial charge in [0.1, 0.15) is 24.7 Å². The number of rotatable bonds is 6. The van der Waals surface area contributed by atoms with E-state index in [9.17, 15) is 4.79 Å². The van der Waals surface area contributed by atoms with Crippen LogP contribution in [-0.4, -0.2) is 20.7 Å². The zero-order chi connectivity index (χ0) is 26.1. The maximum absolute atomic E-state index is 13.6. The summed E-state index contributed by atoms with van der Waals surface area (Å²) in [5, 5.41) is 11.8. The highest BCUT2D eigenvalue weighted by atomic mass is 35.5. The van der Waals surface area contributed by atoms with Gasteiger partial charge in [0.2, 0.25) is 5.95 Å². The minimum absolute atomic E-state index is 0.210. The molecule has 9 heteroatoms. The lowest BCUT2D eigenvalue weighted by atomic mass is 9.94. The third-order valence-corrected chi connectivity index (χ3v) is 7.24. The zero-order valence-electron chi connectivity index (χ0n) is 20.5. The standard InChI is InChI=1S/C28H25Cl2N5O2/c1-16-6-4-9-24(17(16)2)34-27(36)25-18(3)33-28-31-15-32-35(28)26(25)19-10-12-20(13-11-19)37-14-21-22(29)7-5-8-23(21)30/h4-13,15,26H,14H2,1-3H3,(H,34,36)(H,31,32,33). The molecule has 0 radical (unpaired) electrons. The number of hydrogen-bond donors (Lipinski definition) is 2. The van der Waals surface area contributed by atoms with Crippen LogP contribution in [0.3, 0.4) is 0 Å². The second-order valence-electron chi connectivity index (χ2n) is 8.85. The number of carbonyl (C=O) groups is 1. The van der Waals surface area contributed by atoms with Crippen molar-refractivity contribution in [1.29, 1.82) is 0 Å². The number of hydrogen-bond acceptors (Lipinski definition) is 5. The van der Waals surface area contributed by atoms with Gasteiger partial charge in [0.05, 0.1) is 5.57 Å². The van der Waals surface area contributed by atoms with Crippen molar-refractivity contribution in [1.82, 2.24) is 14.8 Å². The number of carbonyl (C=O) groups excluding carboxylic acids is 1. The largest absolute Gasteiger partial charge is 0.489 e. The van der Waals surface area contributed by atoms with Crippen LogP contribution in [0, 0.1) is 13.8 Å². The van der Waals surface area contributed by atoms with Crippen molar-refractivity contribution in [3.8, 4) is 5.75 Å². The Bertz CT molecular complexity index is 1490. The summed E-state index contributed by atoms with van der Waals surface area (Å²) in [6.07, 6.45) is 1.47. The fourth-order valence-corrected chi connectivity index (χ4v) is 4.85. The van der Waals surface area contributed by atoms with Crippen molar-refractivity contribution < 1.29 is 9.53 Å². The van der Waals surface area contributed by atoms with E-state index < -0.39 is 6.04 Å². The summed E-state index contributed by atoms with van der Waals surface area (Å²) in [6, 6.07) is 18.3. The molecule has 0 bridgehead atoms. The number of fused-ring (bicyclic) bond motifs is 1. The molecule has 5 rings (SSSR count). The fourth-order valence-electron chi connectivity index (χ4n) is 4.34. The molecule has 1 atom stereocenters. The molecule has 1 aliphatic heterocycles. The topological polar surface area (TPSA) is 81.1 Å². The van der Waals surface area contributed by atoms with Crippen LogP contribution in [-0.2, 0) is 11.4 Å². The Morgan fingerprint density at radius 2 is 1.73 bits per heavy atom. The average molecular weight is 534 g/mol. The van der Waals surface area contributed by atoms with E-state index in [0.29, 0.717) is 33.0 Å². The van der Waals surface area contributed by atoms with E-state index in [1.165, 1.54) is 6.33 Å². The smallest absolute Gasteiger partial charge is 0.255 e. The highest BCUT2D eigenvalue weighted by Crippen LogP contribution is 2.36. The Labute approximate surface area is 225 Å². The maximum atomic E-state index is 13.6. The Morgan fingerprint density at radius 3 is 2.46 bits per heavy atom. The second-order valence-corrected chi connectivity index (χ2v) is 9.67. The van der Waals surface area contributed by atoms with Crippen molar-refractivity contribution in [2.75, 3.05) is 10.6 Å². The minimum atomic E-state index is -0.476. The maximum Gasteiger partial charge on any atom is 0.255 e. The van der Waals surface area contributed by atoms with Gasteiger partial charge in [0.25, 0.3) is 5.91 Å². The van der Waals surface area contributed by atoms with E-state index in [0.717, 1.165) is 27.9 Å². The molecule has 3 aromatic carbocycles. The lowest BCUT2D eigenvalue weighted by Crippen LogP contribution is -2.31. The van der Waals surface area contributed by atoms with Gasteiger partial charge in [-0.1, -0.05) is 53.5 Å². The number of anilines is 2. The number of benzene rings is 3. The van der Waals surface area contributed by atoms with E-state index in [4.69, 9.17) is 27.9 Å². The fraction of sp³-hybridized carbons (Fsp3) is 0.179. The van der Waals surface area contributed by atoms with Crippen molar-refractivity contribution in [2.45, 2.75) is 33.4 Å². The number of nitrogens with one attached hydrogen (secondary N) is 2. The summed E-state index contributed by atoms with van der Waals surface area (Å²) in [5.74, 6) is 1.01. The molecule has 0 fully saturated rings. The SMILES string of the molecule is CC1=C(C(=O)Nc2cccc(C)c2C)C(c2ccc(OCc3c(Cl)cccc3Cl)cc2)n2ncnc2N1. The van der Waals surface area contributed by atoms with E-state index in [1.807, 2.05) is 63.2 Å². The first-order valence-corrected chi connectivity index (χ1v) is 12.5. The van der Waals surface area contributed by atoms with Crippen LogP contribution in [0.2, 0.25) is 10.0 Å². The lowest BCUT2D eigenvalue weighted by molar-refractivity contribution is -0.113. The van der Waals surface area contributed by atoms with Crippen LogP contribution < -0.4 is 15.4 Å². The molecule has 1 aliphatic rings. The molecule has 0 aliphatic carbocycles. The number of aromatic nitrogens is 3. The molecule has 1 aromatic heterocycles. The van der Waals surface area contributed by atoms with Crippen LogP contribution in [0.4, 0.5) is 11.6 Å². The number of aryl methyl sites for hydroxylation is 1. The van der Waals surface area contributed by atoms with Gasteiger partial charge < -0.3 is 15.4 Å². The van der Waals surface area contributed by atoms with Gasteiger partial charge in [-0.2, -0.15) is 10.1 Å². The number of nitrogens with zero attached hydrogens (tertiary/aromatic N) is 3. The van der Waals surface area contributed by atoms with Gasteiger partial charge in [0, 0.05) is 27.0 Å².